The minimum Gasteiger partial charge on any atom is -0.493 e. The van der Waals surface area contributed by atoms with Crippen molar-refractivity contribution in [3.05, 3.63) is 81.3 Å². The van der Waals surface area contributed by atoms with Crippen LogP contribution in [0.15, 0.2) is 64.1 Å². The lowest BCUT2D eigenvalue weighted by molar-refractivity contribution is -0.118. The first-order valence-corrected chi connectivity index (χ1v) is 10.6. The van der Waals surface area contributed by atoms with E-state index in [0.717, 1.165) is 33.6 Å². The number of aliphatic imine (C=N–C) groups is 1. The van der Waals surface area contributed by atoms with Crippen molar-refractivity contribution < 1.29 is 14.3 Å². The maximum atomic E-state index is 12.3. The van der Waals surface area contributed by atoms with E-state index < -0.39 is 0 Å². The third kappa shape index (κ3) is 6.18. The Kier molecular flexibility index (Phi) is 7.47. The number of rotatable bonds is 7. The molecule has 3 aromatic carbocycles. The summed E-state index contributed by atoms with van der Waals surface area (Å²) in [5, 5.41) is 2.83. The van der Waals surface area contributed by atoms with Gasteiger partial charge in [-0.25, -0.2) is 0 Å². The number of methoxy groups -OCH3 is 1. The Balaban J connectivity index is 1.72. The molecular formula is C25H25BrN2O3. The van der Waals surface area contributed by atoms with E-state index in [1.54, 1.807) is 13.3 Å². The van der Waals surface area contributed by atoms with Crippen molar-refractivity contribution in [1.29, 1.82) is 0 Å². The first-order chi connectivity index (χ1) is 14.9. The lowest BCUT2D eigenvalue weighted by atomic mass is 10.1. The van der Waals surface area contributed by atoms with Gasteiger partial charge in [-0.3, -0.25) is 9.79 Å². The number of ether oxygens (including phenoxy) is 2. The Bertz CT molecular complexity index is 1130. The van der Waals surface area contributed by atoms with E-state index in [9.17, 15) is 4.79 Å². The van der Waals surface area contributed by atoms with Crippen molar-refractivity contribution in [2.24, 2.45) is 4.99 Å². The van der Waals surface area contributed by atoms with Crippen molar-refractivity contribution in [3.8, 4) is 11.5 Å². The van der Waals surface area contributed by atoms with Gasteiger partial charge in [0.2, 0.25) is 0 Å². The van der Waals surface area contributed by atoms with Crippen LogP contribution in [0.4, 0.5) is 11.4 Å². The molecule has 0 aliphatic rings. The van der Waals surface area contributed by atoms with Crippen molar-refractivity contribution in [2.45, 2.75) is 20.8 Å². The zero-order valence-corrected chi connectivity index (χ0v) is 19.6. The zero-order valence-electron chi connectivity index (χ0n) is 18.0. The van der Waals surface area contributed by atoms with Crippen LogP contribution in [0.5, 0.6) is 11.5 Å². The summed E-state index contributed by atoms with van der Waals surface area (Å²) in [6.45, 7) is 5.90. The lowest BCUT2D eigenvalue weighted by Crippen LogP contribution is -2.20. The highest BCUT2D eigenvalue weighted by molar-refractivity contribution is 9.10. The molecule has 3 rings (SSSR count). The molecule has 0 aliphatic heterocycles. The standard InChI is InChI=1S/C25H25BrN2O3/c1-16-6-5-7-20(10-16)28-24(29)15-31-25-21(26)12-19(13-23(25)30-4)14-27-22-11-17(2)8-9-18(22)3/h5-14H,15H2,1-4H3,(H,28,29). The molecule has 31 heavy (non-hydrogen) atoms. The SMILES string of the molecule is COc1cc(C=Nc2cc(C)ccc2C)cc(Br)c1OCC(=O)Nc1cccc(C)c1. The van der Waals surface area contributed by atoms with Gasteiger partial charge in [0.05, 0.1) is 17.3 Å². The summed E-state index contributed by atoms with van der Waals surface area (Å²) in [6, 6.07) is 17.5. The summed E-state index contributed by atoms with van der Waals surface area (Å²) in [4.78, 5) is 16.9. The lowest BCUT2D eigenvalue weighted by Gasteiger charge is -2.13. The topological polar surface area (TPSA) is 59.9 Å². The van der Waals surface area contributed by atoms with E-state index in [1.807, 2.05) is 63.2 Å². The highest BCUT2D eigenvalue weighted by Gasteiger charge is 2.13. The molecular weight excluding hydrogens is 456 g/mol. The van der Waals surface area contributed by atoms with Crippen LogP contribution in [0.1, 0.15) is 22.3 Å². The largest absolute Gasteiger partial charge is 0.493 e. The van der Waals surface area contributed by atoms with E-state index >= 15 is 0 Å². The predicted molar refractivity (Wildman–Crippen MR) is 129 cm³/mol. The Labute approximate surface area is 191 Å². The van der Waals surface area contributed by atoms with Crippen molar-refractivity contribution >= 4 is 39.4 Å². The number of aryl methyl sites for hydroxylation is 3. The Morgan fingerprint density at radius 3 is 2.58 bits per heavy atom. The van der Waals surface area contributed by atoms with Gasteiger partial charge in [0.1, 0.15) is 0 Å². The van der Waals surface area contributed by atoms with Gasteiger partial charge in [0.25, 0.3) is 5.91 Å². The third-order valence-electron chi connectivity index (χ3n) is 4.62. The monoisotopic (exact) mass is 480 g/mol. The number of hydrogen-bond donors (Lipinski definition) is 1. The molecule has 3 aromatic rings. The van der Waals surface area contributed by atoms with Crippen LogP contribution >= 0.6 is 15.9 Å². The number of amides is 1. The summed E-state index contributed by atoms with van der Waals surface area (Å²) in [5.74, 6) is 0.728. The molecule has 0 heterocycles. The van der Waals surface area contributed by atoms with Crippen LogP contribution in [0.2, 0.25) is 0 Å². The van der Waals surface area contributed by atoms with Gasteiger partial charge in [-0.2, -0.15) is 0 Å². The maximum absolute atomic E-state index is 12.3. The van der Waals surface area contributed by atoms with Gasteiger partial charge in [0.15, 0.2) is 18.1 Å². The quantitative estimate of drug-likeness (QED) is 0.412. The summed E-state index contributed by atoms with van der Waals surface area (Å²) in [5.41, 5.74) is 5.83. The van der Waals surface area contributed by atoms with Crippen LogP contribution in [0.3, 0.4) is 0 Å². The molecule has 6 heteroatoms. The molecule has 0 fully saturated rings. The second kappa shape index (κ2) is 10.3. The minimum atomic E-state index is -0.250. The van der Waals surface area contributed by atoms with Crippen molar-refractivity contribution in [2.75, 3.05) is 19.0 Å². The number of carbonyl (C=O) groups is 1. The Morgan fingerprint density at radius 2 is 1.84 bits per heavy atom. The normalized spacial score (nSPS) is 10.9. The predicted octanol–water partition coefficient (Wildman–Crippen LogP) is 6.15. The molecule has 0 atom stereocenters. The number of nitrogens with one attached hydrogen (secondary N) is 1. The molecule has 0 radical (unpaired) electrons. The first kappa shape index (κ1) is 22.6. The maximum Gasteiger partial charge on any atom is 0.262 e. The van der Waals surface area contributed by atoms with E-state index in [2.05, 4.69) is 38.4 Å². The average Bonchev–Trinajstić information content (AvgIpc) is 2.73. The molecule has 1 N–H and O–H groups in total. The highest BCUT2D eigenvalue weighted by Crippen LogP contribution is 2.36. The summed E-state index contributed by atoms with van der Waals surface area (Å²) >= 11 is 3.52. The van der Waals surface area contributed by atoms with Crippen LogP contribution in [0.25, 0.3) is 0 Å². The molecule has 0 unspecified atom stereocenters. The van der Waals surface area contributed by atoms with Crippen molar-refractivity contribution in [3.63, 3.8) is 0 Å². The van der Waals surface area contributed by atoms with E-state index in [4.69, 9.17) is 9.47 Å². The fourth-order valence-electron chi connectivity index (χ4n) is 3.01. The van der Waals surface area contributed by atoms with Gasteiger partial charge < -0.3 is 14.8 Å². The molecule has 160 valence electrons. The third-order valence-corrected chi connectivity index (χ3v) is 5.21. The second-order valence-corrected chi connectivity index (χ2v) is 8.14. The Hall–Kier alpha value is -3.12. The fraction of sp³-hybridized carbons (Fsp3) is 0.200. The number of halogens is 1. The van der Waals surface area contributed by atoms with E-state index in [0.29, 0.717) is 16.0 Å². The van der Waals surface area contributed by atoms with Crippen LogP contribution in [-0.4, -0.2) is 25.8 Å². The second-order valence-electron chi connectivity index (χ2n) is 7.29. The molecule has 0 aliphatic carbocycles. The number of benzene rings is 3. The number of nitrogens with zero attached hydrogens (tertiary/aromatic N) is 1. The summed E-state index contributed by atoms with van der Waals surface area (Å²) in [6.07, 6.45) is 1.78. The van der Waals surface area contributed by atoms with Gasteiger partial charge in [0, 0.05) is 11.9 Å². The zero-order chi connectivity index (χ0) is 22.4. The van der Waals surface area contributed by atoms with Gasteiger partial charge in [-0.15, -0.1) is 0 Å². The van der Waals surface area contributed by atoms with Gasteiger partial charge >= 0.3 is 0 Å². The fourth-order valence-corrected chi connectivity index (χ4v) is 3.59. The molecule has 0 spiro atoms. The molecule has 0 aromatic heterocycles. The average molecular weight is 481 g/mol. The molecule has 0 bridgehead atoms. The molecule has 5 nitrogen and oxygen atoms in total. The molecule has 1 amide bonds. The van der Waals surface area contributed by atoms with Crippen LogP contribution in [-0.2, 0) is 4.79 Å². The van der Waals surface area contributed by atoms with E-state index in [-0.39, 0.29) is 12.5 Å². The number of hydrogen-bond acceptors (Lipinski definition) is 4. The minimum absolute atomic E-state index is 0.140. The van der Waals surface area contributed by atoms with Gasteiger partial charge in [-0.1, -0.05) is 24.3 Å². The summed E-state index contributed by atoms with van der Waals surface area (Å²) < 4.78 is 11.9. The Morgan fingerprint density at radius 1 is 1.06 bits per heavy atom. The first-order valence-electron chi connectivity index (χ1n) is 9.84. The molecule has 0 saturated heterocycles. The molecule has 0 saturated carbocycles. The van der Waals surface area contributed by atoms with E-state index in [1.165, 1.54) is 0 Å². The van der Waals surface area contributed by atoms with Gasteiger partial charge in [-0.05, 0) is 89.3 Å². The van der Waals surface area contributed by atoms with Crippen LogP contribution < -0.4 is 14.8 Å². The number of carbonyl (C=O) groups excluding carboxylic acids is 1. The smallest absolute Gasteiger partial charge is 0.262 e. The highest BCUT2D eigenvalue weighted by atomic mass is 79.9. The van der Waals surface area contributed by atoms with Crippen LogP contribution in [0, 0.1) is 20.8 Å². The van der Waals surface area contributed by atoms with Crippen molar-refractivity contribution in [1.82, 2.24) is 0 Å². The summed E-state index contributed by atoms with van der Waals surface area (Å²) in [7, 11) is 1.56. The number of anilines is 1.